The zero-order valence-electron chi connectivity index (χ0n) is 21.6. The summed E-state index contributed by atoms with van der Waals surface area (Å²) in [4.78, 5) is 17.3. The van der Waals surface area contributed by atoms with Crippen LogP contribution in [0.25, 0.3) is 0 Å². The fraction of sp³-hybridized carbons (Fsp3) is 0.387. The Morgan fingerprint density at radius 2 is 1.47 bits per heavy atom. The molecule has 2 atom stereocenters. The van der Waals surface area contributed by atoms with Gasteiger partial charge in [0.15, 0.2) is 0 Å². The zero-order valence-corrected chi connectivity index (χ0v) is 22.3. The van der Waals surface area contributed by atoms with Crippen LogP contribution in [0.3, 0.4) is 0 Å². The molecule has 1 heterocycles. The summed E-state index contributed by atoms with van der Waals surface area (Å²) in [6.45, 7) is 8.86. The standard InChI is InChI=1S/C31H37ClN2O2/c1-31(2,3)36-30(35)34-21-26(15-14-24-10-6-4-7-11-24)27(23-34)22-33(20-25-12-8-5-9-13-25)29-18-16-28(32)17-19-29/h4-13,16-19,26-27H,14-15,20-23H2,1-3H3. The predicted molar refractivity (Wildman–Crippen MR) is 148 cm³/mol. The van der Waals surface area contributed by atoms with E-state index in [1.165, 1.54) is 11.1 Å². The molecular formula is C31H37ClN2O2. The van der Waals surface area contributed by atoms with E-state index in [0.29, 0.717) is 18.4 Å². The molecule has 1 fully saturated rings. The Balaban J connectivity index is 1.54. The highest BCUT2D eigenvalue weighted by Gasteiger charge is 2.37. The second-order valence-electron chi connectivity index (χ2n) is 10.8. The highest BCUT2D eigenvalue weighted by atomic mass is 35.5. The molecule has 1 aliphatic heterocycles. The molecule has 1 aliphatic rings. The van der Waals surface area contributed by atoms with E-state index in [4.69, 9.17) is 16.3 Å². The Labute approximate surface area is 220 Å². The van der Waals surface area contributed by atoms with Crippen LogP contribution in [-0.2, 0) is 17.7 Å². The third-order valence-corrected chi connectivity index (χ3v) is 6.99. The predicted octanol–water partition coefficient (Wildman–Crippen LogP) is 7.46. The van der Waals surface area contributed by atoms with Crippen molar-refractivity contribution in [3.05, 3.63) is 101 Å². The number of amides is 1. The van der Waals surface area contributed by atoms with E-state index in [0.717, 1.165) is 43.2 Å². The van der Waals surface area contributed by atoms with Gasteiger partial charge in [-0.25, -0.2) is 4.79 Å². The van der Waals surface area contributed by atoms with Crippen LogP contribution in [0.4, 0.5) is 10.5 Å². The van der Waals surface area contributed by atoms with Gasteiger partial charge in [-0.05, 0) is 80.8 Å². The molecule has 1 saturated heterocycles. The van der Waals surface area contributed by atoms with Gasteiger partial charge in [0.25, 0.3) is 0 Å². The van der Waals surface area contributed by atoms with E-state index in [1.54, 1.807) is 0 Å². The van der Waals surface area contributed by atoms with Crippen molar-refractivity contribution in [1.29, 1.82) is 0 Å². The maximum Gasteiger partial charge on any atom is 0.410 e. The number of likely N-dealkylation sites (tertiary alicyclic amines) is 1. The average Bonchev–Trinajstić information content (AvgIpc) is 3.26. The molecule has 0 N–H and O–H groups in total. The van der Waals surface area contributed by atoms with Gasteiger partial charge >= 0.3 is 6.09 Å². The lowest BCUT2D eigenvalue weighted by Gasteiger charge is -2.30. The Morgan fingerprint density at radius 1 is 0.889 bits per heavy atom. The van der Waals surface area contributed by atoms with Crippen molar-refractivity contribution in [2.24, 2.45) is 11.8 Å². The monoisotopic (exact) mass is 504 g/mol. The normalized spacial score (nSPS) is 17.7. The van der Waals surface area contributed by atoms with Crippen molar-refractivity contribution in [2.45, 2.75) is 45.8 Å². The minimum Gasteiger partial charge on any atom is -0.444 e. The first-order valence-electron chi connectivity index (χ1n) is 12.8. The summed E-state index contributed by atoms with van der Waals surface area (Å²) in [5, 5.41) is 0.733. The van der Waals surface area contributed by atoms with E-state index < -0.39 is 5.60 Å². The van der Waals surface area contributed by atoms with Crippen LogP contribution in [0.1, 0.15) is 38.3 Å². The lowest BCUT2D eigenvalue weighted by atomic mass is 9.89. The van der Waals surface area contributed by atoms with Gasteiger partial charge in [0.1, 0.15) is 5.60 Å². The minimum absolute atomic E-state index is 0.212. The van der Waals surface area contributed by atoms with Crippen LogP contribution in [0.2, 0.25) is 5.02 Å². The largest absolute Gasteiger partial charge is 0.444 e. The van der Waals surface area contributed by atoms with Crippen molar-refractivity contribution < 1.29 is 9.53 Å². The maximum atomic E-state index is 13.0. The maximum absolute atomic E-state index is 13.0. The average molecular weight is 505 g/mol. The van der Waals surface area contributed by atoms with E-state index in [2.05, 4.69) is 71.6 Å². The molecule has 0 bridgehead atoms. The Bertz CT molecular complexity index is 1100. The van der Waals surface area contributed by atoms with Crippen LogP contribution in [-0.4, -0.2) is 36.2 Å². The van der Waals surface area contributed by atoms with E-state index in [-0.39, 0.29) is 6.09 Å². The fourth-order valence-corrected chi connectivity index (χ4v) is 5.07. The van der Waals surface area contributed by atoms with Crippen LogP contribution in [0, 0.1) is 11.8 Å². The summed E-state index contributed by atoms with van der Waals surface area (Å²) in [7, 11) is 0. The highest BCUT2D eigenvalue weighted by Crippen LogP contribution is 2.32. The second kappa shape index (κ2) is 11.8. The lowest BCUT2D eigenvalue weighted by molar-refractivity contribution is 0.0284. The van der Waals surface area contributed by atoms with Gasteiger partial charge in [0, 0.05) is 36.9 Å². The summed E-state index contributed by atoms with van der Waals surface area (Å²) in [6, 6.07) is 29.2. The van der Waals surface area contributed by atoms with E-state index in [9.17, 15) is 4.79 Å². The topological polar surface area (TPSA) is 32.8 Å². The van der Waals surface area contributed by atoms with Crippen molar-refractivity contribution in [1.82, 2.24) is 4.90 Å². The van der Waals surface area contributed by atoms with Crippen LogP contribution in [0.15, 0.2) is 84.9 Å². The third-order valence-electron chi connectivity index (χ3n) is 6.74. The first-order valence-corrected chi connectivity index (χ1v) is 13.2. The van der Waals surface area contributed by atoms with Gasteiger partial charge in [-0.3, -0.25) is 0 Å². The number of ether oxygens (including phenoxy) is 1. The molecule has 2 unspecified atom stereocenters. The number of anilines is 1. The Hall–Kier alpha value is -2.98. The van der Waals surface area contributed by atoms with E-state index >= 15 is 0 Å². The number of rotatable bonds is 8. The smallest absolute Gasteiger partial charge is 0.410 e. The number of nitrogens with zero attached hydrogens (tertiary/aromatic N) is 2. The highest BCUT2D eigenvalue weighted by molar-refractivity contribution is 6.30. The number of benzene rings is 3. The van der Waals surface area contributed by atoms with Gasteiger partial charge in [-0.1, -0.05) is 72.3 Å². The van der Waals surface area contributed by atoms with Crippen molar-refractivity contribution in [3.8, 4) is 0 Å². The van der Waals surface area contributed by atoms with Gasteiger partial charge in [-0.15, -0.1) is 0 Å². The number of carbonyl (C=O) groups excluding carboxylic acids is 1. The minimum atomic E-state index is -0.503. The lowest BCUT2D eigenvalue weighted by Crippen LogP contribution is -2.36. The van der Waals surface area contributed by atoms with Gasteiger partial charge in [-0.2, -0.15) is 0 Å². The summed E-state index contributed by atoms with van der Waals surface area (Å²) in [6.07, 6.45) is 1.83. The second-order valence-corrected chi connectivity index (χ2v) is 11.2. The van der Waals surface area contributed by atoms with Gasteiger partial charge in [0.2, 0.25) is 0 Å². The third kappa shape index (κ3) is 7.51. The summed E-state index contributed by atoms with van der Waals surface area (Å²) >= 11 is 6.20. The zero-order chi connectivity index (χ0) is 25.5. The molecule has 5 heteroatoms. The number of hydrogen-bond acceptors (Lipinski definition) is 3. The molecule has 0 radical (unpaired) electrons. The molecular weight excluding hydrogens is 468 g/mol. The van der Waals surface area contributed by atoms with E-state index in [1.807, 2.05) is 43.9 Å². The molecule has 1 amide bonds. The summed E-state index contributed by atoms with van der Waals surface area (Å²) in [5.41, 5.74) is 3.24. The molecule has 0 aliphatic carbocycles. The molecule has 0 spiro atoms. The van der Waals surface area contributed by atoms with Crippen molar-refractivity contribution in [3.63, 3.8) is 0 Å². The number of aryl methyl sites for hydroxylation is 1. The summed E-state index contributed by atoms with van der Waals surface area (Å²) < 4.78 is 5.74. The molecule has 3 aromatic rings. The SMILES string of the molecule is CC(C)(C)OC(=O)N1CC(CCc2ccccc2)C(CN(Cc2ccccc2)c2ccc(Cl)cc2)C1. The number of halogens is 1. The molecule has 36 heavy (non-hydrogen) atoms. The quantitative estimate of drug-likeness (QED) is 0.319. The van der Waals surface area contributed by atoms with Crippen molar-refractivity contribution >= 4 is 23.4 Å². The fourth-order valence-electron chi connectivity index (χ4n) is 4.94. The first-order chi connectivity index (χ1) is 17.3. The van der Waals surface area contributed by atoms with Crippen molar-refractivity contribution in [2.75, 3.05) is 24.5 Å². The van der Waals surface area contributed by atoms with Crippen LogP contribution in [0.5, 0.6) is 0 Å². The molecule has 4 rings (SSSR count). The number of hydrogen-bond donors (Lipinski definition) is 0. The molecule has 0 saturated carbocycles. The molecule has 4 nitrogen and oxygen atoms in total. The first kappa shape index (κ1) is 26.1. The van der Waals surface area contributed by atoms with Crippen LogP contribution < -0.4 is 4.90 Å². The van der Waals surface area contributed by atoms with Gasteiger partial charge in [0.05, 0.1) is 0 Å². The van der Waals surface area contributed by atoms with Crippen LogP contribution >= 0.6 is 11.6 Å². The summed E-state index contributed by atoms with van der Waals surface area (Å²) in [5.74, 6) is 0.726. The Kier molecular flexibility index (Phi) is 8.58. The number of carbonyl (C=O) groups is 1. The molecule has 190 valence electrons. The molecule has 0 aromatic heterocycles. The Morgan fingerprint density at radius 3 is 2.08 bits per heavy atom. The molecule has 3 aromatic carbocycles. The van der Waals surface area contributed by atoms with Gasteiger partial charge < -0.3 is 14.5 Å².